The van der Waals surface area contributed by atoms with Gasteiger partial charge in [-0.1, -0.05) is 146 Å². The van der Waals surface area contributed by atoms with Gasteiger partial charge in [-0.25, -0.2) is 0 Å². The number of nitrogens with zero attached hydrogens (tertiary/aromatic N) is 2. The zero-order valence-electron chi connectivity index (χ0n) is 34.5. The Morgan fingerprint density at radius 2 is 0.594 bits per heavy atom. The fourth-order valence-electron chi connectivity index (χ4n) is 10.4. The van der Waals surface area contributed by atoms with Gasteiger partial charge in [-0.3, -0.25) is 0 Å². The summed E-state index contributed by atoms with van der Waals surface area (Å²) in [6.45, 7) is 0. The number of hydrogen-bond acceptors (Lipinski definition) is 2. The summed E-state index contributed by atoms with van der Waals surface area (Å²) in [5.74, 6) is 0. The molecule has 14 aromatic rings. The lowest BCUT2D eigenvalue weighted by molar-refractivity contribution is 0.670. The molecule has 14 rings (SSSR count). The van der Waals surface area contributed by atoms with Gasteiger partial charge in [0.15, 0.2) is 11.2 Å². The van der Waals surface area contributed by atoms with Gasteiger partial charge in [-0.2, -0.15) is 0 Å². The van der Waals surface area contributed by atoms with Crippen molar-refractivity contribution in [2.75, 3.05) is 0 Å². The second-order valence-corrected chi connectivity index (χ2v) is 16.8. The standard InChI is InChI=1S/C60H36N2O2/c1-3-15-37(16-4-1)39-31-41(35-43(33-39)61-53-23-11-7-19-45(53)49-27-29-51-47-21-9-13-25-55(47)63-59(51)57(49)61)42-32-40(38-17-5-2-6-18-38)34-44(36-42)62-54-24-12-8-20-46(54)50-28-30-52-48-22-10-14-26-56(48)64-60(52)58(50)62/h1-36H. The predicted molar refractivity (Wildman–Crippen MR) is 266 cm³/mol. The van der Waals surface area contributed by atoms with Crippen molar-refractivity contribution in [1.82, 2.24) is 9.13 Å². The smallest absolute Gasteiger partial charge is 0.160 e. The Balaban J connectivity index is 1.09. The van der Waals surface area contributed by atoms with Crippen molar-refractivity contribution < 1.29 is 8.83 Å². The zero-order chi connectivity index (χ0) is 41.9. The van der Waals surface area contributed by atoms with Crippen molar-refractivity contribution in [2.45, 2.75) is 0 Å². The molecule has 0 N–H and O–H groups in total. The summed E-state index contributed by atoms with van der Waals surface area (Å²) in [5, 5.41) is 9.13. The van der Waals surface area contributed by atoms with Gasteiger partial charge in [0.05, 0.1) is 22.1 Å². The highest BCUT2D eigenvalue weighted by molar-refractivity contribution is 6.23. The number of furan rings is 2. The Morgan fingerprint density at radius 1 is 0.250 bits per heavy atom. The highest BCUT2D eigenvalue weighted by Gasteiger charge is 2.22. The summed E-state index contributed by atoms with van der Waals surface area (Å²) in [6.07, 6.45) is 0. The van der Waals surface area contributed by atoms with E-state index >= 15 is 0 Å². The average Bonchev–Trinajstić information content (AvgIpc) is 4.12. The second-order valence-electron chi connectivity index (χ2n) is 16.8. The molecule has 4 aromatic heterocycles. The molecule has 0 aliphatic heterocycles. The first-order chi connectivity index (χ1) is 31.7. The van der Waals surface area contributed by atoms with Crippen molar-refractivity contribution in [1.29, 1.82) is 0 Å². The van der Waals surface area contributed by atoms with Gasteiger partial charge in [-0.05, 0) is 106 Å². The van der Waals surface area contributed by atoms with Gasteiger partial charge >= 0.3 is 0 Å². The maximum atomic E-state index is 6.80. The molecule has 0 fully saturated rings. The molecule has 4 heteroatoms. The molecule has 0 aliphatic rings. The minimum Gasteiger partial charge on any atom is -0.454 e. The number of para-hydroxylation sites is 4. The van der Waals surface area contributed by atoms with Crippen LogP contribution in [-0.4, -0.2) is 9.13 Å². The van der Waals surface area contributed by atoms with Crippen LogP contribution in [0.1, 0.15) is 0 Å². The van der Waals surface area contributed by atoms with Crippen molar-refractivity contribution in [3.8, 4) is 44.8 Å². The Morgan fingerprint density at radius 3 is 1.03 bits per heavy atom. The van der Waals surface area contributed by atoms with Crippen LogP contribution < -0.4 is 0 Å². The molecule has 4 nitrogen and oxygen atoms in total. The molecular formula is C60H36N2O2. The topological polar surface area (TPSA) is 36.1 Å². The quantitative estimate of drug-likeness (QED) is 0.173. The number of hydrogen-bond donors (Lipinski definition) is 0. The van der Waals surface area contributed by atoms with Crippen molar-refractivity contribution in [3.63, 3.8) is 0 Å². The average molecular weight is 817 g/mol. The molecule has 0 saturated carbocycles. The van der Waals surface area contributed by atoms with E-state index in [0.29, 0.717) is 0 Å². The van der Waals surface area contributed by atoms with Crippen LogP contribution in [0.2, 0.25) is 0 Å². The highest BCUT2D eigenvalue weighted by atomic mass is 16.3. The van der Waals surface area contributed by atoms with Gasteiger partial charge in [0.25, 0.3) is 0 Å². The molecule has 4 heterocycles. The molecule has 0 amide bonds. The minimum absolute atomic E-state index is 0.885. The molecule has 0 unspecified atom stereocenters. The van der Waals surface area contributed by atoms with E-state index in [1.807, 2.05) is 12.1 Å². The van der Waals surface area contributed by atoms with Gasteiger partial charge in [0.2, 0.25) is 0 Å². The van der Waals surface area contributed by atoms with Gasteiger partial charge in [0.1, 0.15) is 11.2 Å². The van der Waals surface area contributed by atoms with Crippen LogP contribution in [-0.2, 0) is 0 Å². The maximum absolute atomic E-state index is 6.80. The lowest BCUT2D eigenvalue weighted by atomic mass is 9.94. The molecule has 10 aromatic carbocycles. The van der Waals surface area contributed by atoms with Crippen LogP contribution in [0.4, 0.5) is 0 Å². The van der Waals surface area contributed by atoms with E-state index in [1.165, 1.54) is 10.8 Å². The van der Waals surface area contributed by atoms with E-state index in [2.05, 4.69) is 215 Å². The van der Waals surface area contributed by atoms with Crippen molar-refractivity contribution in [2.24, 2.45) is 0 Å². The third kappa shape index (κ3) is 5.11. The second kappa shape index (κ2) is 13.4. The van der Waals surface area contributed by atoms with E-state index in [1.54, 1.807) is 0 Å². The van der Waals surface area contributed by atoms with Crippen LogP contribution >= 0.6 is 0 Å². The minimum atomic E-state index is 0.885. The predicted octanol–water partition coefficient (Wildman–Crippen LogP) is 16.7. The third-order valence-electron chi connectivity index (χ3n) is 13.3. The molecular weight excluding hydrogens is 781 g/mol. The fourth-order valence-corrected chi connectivity index (χ4v) is 10.4. The van der Waals surface area contributed by atoms with Crippen LogP contribution in [0.25, 0.3) is 132 Å². The number of aromatic nitrogens is 2. The van der Waals surface area contributed by atoms with E-state index in [9.17, 15) is 0 Å². The Kier molecular flexibility index (Phi) is 7.36. The highest BCUT2D eigenvalue weighted by Crippen LogP contribution is 2.44. The van der Waals surface area contributed by atoms with Crippen LogP contribution in [0.3, 0.4) is 0 Å². The summed E-state index contributed by atoms with van der Waals surface area (Å²) in [6, 6.07) is 78.7. The van der Waals surface area contributed by atoms with E-state index < -0.39 is 0 Å². The molecule has 298 valence electrons. The molecule has 0 spiro atoms. The molecule has 0 radical (unpaired) electrons. The van der Waals surface area contributed by atoms with Gasteiger partial charge in [-0.15, -0.1) is 0 Å². The Labute approximate surface area is 367 Å². The van der Waals surface area contributed by atoms with E-state index in [-0.39, 0.29) is 0 Å². The van der Waals surface area contributed by atoms with E-state index in [0.717, 1.165) is 121 Å². The first-order valence-electron chi connectivity index (χ1n) is 21.8. The first-order valence-corrected chi connectivity index (χ1v) is 21.8. The summed E-state index contributed by atoms with van der Waals surface area (Å²) >= 11 is 0. The fraction of sp³-hybridized carbons (Fsp3) is 0. The summed E-state index contributed by atoms with van der Waals surface area (Å²) in [7, 11) is 0. The molecule has 0 atom stereocenters. The molecule has 0 bridgehead atoms. The third-order valence-corrected chi connectivity index (χ3v) is 13.3. The number of rotatable bonds is 5. The lowest BCUT2D eigenvalue weighted by Crippen LogP contribution is -1.98. The van der Waals surface area contributed by atoms with Crippen LogP contribution in [0, 0.1) is 0 Å². The Bertz CT molecular complexity index is 3910. The monoisotopic (exact) mass is 816 g/mol. The molecule has 0 aliphatic carbocycles. The van der Waals surface area contributed by atoms with Gasteiger partial charge < -0.3 is 18.0 Å². The Hall–Kier alpha value is -8.60. The number of fused-ring (bicyclic) bond motifs is 14. The SMILES string of the molecule is c1ccc(-c2cc(-c3cc(-c4ccccc4)cc(-n4c5ccccc5c5ccc6c7ccccc7oc6c54)c3)cc(-n3c4ccccc4c4ccc5c6ccccc6oc5c43)c2)cc1. The van der Waals surface area contributed by atoms with Crippen LogP contribution in [0.5, 0.6) is 0 Å². The van der Waals surface area contributed by atoms with E-state index in [4.69, 9.17) is 8.83 Å². The largest absolute Gasteiger partial charge is 0.454 e. The molecule has 0 saturated heterocycles. The summed E-state index contributed by atoms with van der Waals surface area (Å²) in [5.41, 5.74) is 16.8. The lowest BCUT2D eigenvalue weighted by Gasteiger charge is -2.17. The summed E-state index contributed by atoms with van der Waals surface area (Å²) in [4.78, 5) is 0. The number of benzene rings is 10. The van der Waals surface area contributed by atoms with Gasteiger partial charge in [0, 0.05) is 54.5 Å². The molecule has 64 heavy (non-hydrogen) atoms. The van der Waals surface area contributed by atoms with Crippen molar-refractivity contribution in [3.05, 3.63) is 218 Å². The van der Waals surface area contributed by atoms with Crippen LogP contribution in [0.15, 0.2) is 227 Å². The summed E-state index contributed by atoms with van der Waals surface area (Å²) < 4.78 is 18.4. The normalized spacial score (nSPS) is 12.1. The first kappa shape index (κ1) is 35.0. The van der Waals surface area contributed by atoms with Crippen molar-refractivity contribution >= 4 is 87.5 Å². The zero-order valence-corrected chi connectivity index (χ0v) is 34.5. The maximum Gasteiger partial charge on any atom is 0.160 e.